The molecular formula is C16H17NO. The zero-order chi connectivity index (χ0) is 12.3. The second kappa shape index (κ2) is 3.22. The quantitative estimate of drug-likeness (QED) is 0.625. The van der Waals surface area contributed by atoms with Crippen molar-refractivity contribution in [2.24, 2.45) is 0 Å². The molecule has 3 aromatic rings. The van der Waals surface area contributed by atoms with E-state index < -0.39 is 0 Å². The Morgan fingerprint density at radius 3 is 2.94 bits per heavy atom. The van der Waals surface area contributed by atoms with Crippen molar-refractivity contribution in [1.29, 1.82) is 0 Å². The van der Waals surface area contributed by atoms with Crippen LogP contribution >= 0.6 is 0 Å². The van der Waals surface area contributed by atoms with Crippen LogP contribution in [0.1, 0.15) is 30.8 Å². The lowest BCUT2D eigenvalue weighted by molar-refractivity contribution is 0.0994. The first-order chi connectivity index (χ1) is 8.75. The topological polar surface area (TPSA) is 32.9 Å². The Kier molecular flexibility index (Phi) is 1.77. The van der Waals surface area contributed by atoms with E-state index in [1.807, 2.05) is 12.1 Å². The number of hydrogen-bond donors (Lipinski definition) is 1. The van der Waals surface area contributed by atoms with Gasteiger partial charge in [0.05, 0.1) is 0 Å². The van der Waals surface area contributed by atoms with Gasteiger partial charge in [0.1, 0.15) is 0 Å². The first-order valence-electron chi connectivity index (χ1n) is 6.32. The number of benzene rings is 2. The highest BCUT2D eigenvalue weighted by Crippen LogP contribution is 2.35. The van der Waals surface area contributed by atoms with E-state index in [0.717, 1.165) is 17.5 Å². The maximum Gasteiger partial charge on any atom is 0.163 e. The second-order valence-corrected chi connectivity index (χ2v) is 5.06. The summed E-state index contributed by atoms with van der Waals surface area (Å²) in [5, 5.41) is 2.49. The molecule has 1 aromatic heterocycles. The number of aryl methyl sites for hydroxylation is 2. The highest BCUT2D eigenvalue weighted by molar-refractivity contribution is 6.14. The Labute approximate surface area is 108 Å². The lowest BCUT2D eigenvalue weighted by atomic mass is 10.0. The molecule has 1 aliphatic rings. The first kappa shape index (κ1) is 9.89. The third kappa shape index (κ3) is 1.10. The van der Waals surface area contributed by atoms with Gasteiger partial charge >= 0.3 is 0 Å². The van der Waals surface area contributed by atoms with Crippen molar-refractivity contribution in [3.8, 4) is 0 Å². The second-order valence-electron chi connectivity index (χ2n) is 5.06. The SMILES string of the molecule is Cc1cccc2c1[nH]c1ccc3c(c12)CCC3=O.[HH].[HH]. The van der Waals surface area contributed by atoms with Crippen LogP contribution in [0.5, 0.6) is 0 Å². The molecule has 0 aliphatic heterocycles. The van der Waals surface area contributed by atoms with Crippen LogP contribution < -0.4 is 0 Å². The number of fused-ring (bicyclic) bond motifs is 5. The molecule has 1 N–H and O–H groups in total. The molecule has 4 rings (SSSR count). The lowest BCUT2D eigenvalue weighted by Gasteiger charge is -2.00. The van der Waals surface area contributed by atoms with Crippen LogP contribution in [0.4, 0.5) is 0 Å². The van der Waals surface area contributed by atoms with Crippen molar-refractivity contribution in [1.82, 2.24) is 4.98 Å². The van der Waals surface area contributed by atoms with Gasteiger partial charge in [0.25, 0.3) is 0 Å². The molecule has 2 nitrogen and oxygen atoms in total. The van der Waals surface area contributed by atoms with Crippen molar-refractivity contribution in [3.63, 3.8) is 0 Å². The number of hydrogen-bond acceptors (Lipinski definition) is 1. The van der Waals surface area contributed by atoms with Crippen LogP contribution in [-0.4, -0.2) is 10.8 Å². The number of para-hydroxylation sites is 1. The molecule has 0 radical (unpaired) electrons. The summed E-state index contributed by atoms with van der Waals surface area (Å²) in [4.78, 5) is 15.3. The number of aromatic nitrogens is 1. The summed E-state index contributed by atoms with van der Waals surface area (Å²) in [7, 11) is 0. The molecule has 0 fully saturated rings. The number of Topliss-reactive ketones (excluding diaryl/α,β-unsaturated/α-hetero) is 1. The Hall–Kier alpha value is -2.09. The molecule has 2 heteroatoms. The van der Waals surface area contributed by atoms with E-state index in [2.05, 4.69) is 30.1 Å². The fourth-order valence-electron chi connectivity index (χ4n) is 3.13. The smallest absolute Gasteiger partial charge is 0.163 e. The summed E-state index contributed by atoms with van der Waals surface area (Å²) in [6.07, 6.45) is 1.54. The minimum atomic E-state index is 0. The third-order valence-corrected chi connectivity index (χ3v) is 4.02. The summed E-state index contributed by atoms with van der Waals surface area (Å²) >= 11 is 0. The van der Waals surface area contributed by atoms with Crippen molar-refractivity contribution in [3.05, 3.63) is 47.0 Å². The fraction of sp³-hybridized carbons (Fsp3) is 0.188. The maximum atomic E-state index is 11.8. The number of nitrogens with one attached hydrogen (secondary N) is 1. The van der Waals surface area contributed by atoms with Crippen LogP contribution in [0.15, 0.2) is 30.3 Å². The zero-order valence-electron chi connectivity index (χ0n) is 10.2. The van der Waals surface area contributed by atoms with E-state index in [1.54, 1.807) is 0 Å². The predicted octanol–water partition coefficient (Wildman–Crippen LogP) is 4.25. The van der Waals surface area contributed by atoms with Crippen LogP contribution in [0.3, 0.4) is 0 Å². The Morgan fingerprint density at radius 1 is 1.17 bits per heavy atom. The Bertz CT molecular complexity index is 820. The van der Waals surface area contributed by atoms with Crippen molar-refractivity contribution in [2.75, 3.05) is 0 Å². The van der Waals surface area contributed by atoms with Crippen molar-refractivity contribution in [2.45, 2.75) is 19.8 Å². The van der Waals surface area contributed by atoms with Gasteiger partial charge in [-0.25, -0.2) is 0 Å². The minimum absolute atomic E-state index is 0. The average molecular weight is 239 g/mol. The molecule has 92 valence electrons. The molecule has 0 spiro atoms. The van der Waals surface area contributed by atoms with Gasteiger partial charge < -0.3 is 4.98 Å². The van der Waals surface area contributed by atoms with E-state index in [1.165, 1.54) is 27.4 Å². The zero-order valence-corrected chi connectivity index (χ0v) is 10.2. The molecule has 18 heavy (non-hydrogen) atoms. The van der Waals surface area contributed by atoms with Gasteiger partial charge in [-0.05, 0) is 36.6 Å². The monoisotopic (exact) mass is 239 g/mol. The molecule has 1 aliphatic carbocycles. The Balaban J connectivity index is 0.000000735. The largest absolute Gasteiger partial charge is 0.354 e. The van der Waals surface area contributed by atoms with Crippen molar-refractivity contribution < 1.29 is 7.65 Å². The van der Waals surface area contributed by atoms with Gasteiger partial charge in [-0.2, -0.15) is 0 Å². The number of rotatable bonds is 0. The first-order valence-corrected chi connectivity index (χ1v) is 6.32. The van der Waals surface area contributed by atoms with E-state index >= 15 is 0 Å². The normalized spacial score (nSPS) is 14.6. The molecule has 0 saturated carbocycles. The summed E-state index contributed by atoms with van der Waals surface area (Å²) in [5.74, 6) is 0.286. The maximum absolute atomic E-state index is 11.8. The summed E-state index contributed by atoms with van der Waals surface area (Å²) in [5.41, 5.74) is 5.74. The van der Waals surface area contributed by atoms with Crippen LogP contribution in [0, 0.1) is 6.92 Å². The van der Waals surface area contributed by atoms with Gasteiger partial charge in [0, 0.05) is 36.6 Å². The highest BCUT2D eigenvalue weighted by Gasteiger charge is 2.23. The third-order valence-electron chi connectivity index (χ3n) is 4.02. The molecule has 0 saturated heterocycles. The summed E-state index contributed by atoms with van der Waals surface area (Å²) < 4.78 is 0. The van der Waals surface area contributed by atoms with Gasteiger partial charge in [0.15, 0.2) is 5.78 Å². The number of H-pyrrole nitrogens is 1. The summed E-state index contributed by atoms with van der Waals surface area (Å²) in [6.45, 7) is 2.11. The number of aromatic amines is 1. The highest BCUT2D eigenvalue weighted by atomic mass is 16.1. The van der Waals surface area contributed by atoms with Crippen LogP contribution in [-0.2, 0) is 6.42 Å². The molecule has 0 unspecified atom stereocenters. The van der Waals surface area contributed by atoms with Crippen LogP contribution in [0.2, 0.25) is 0 Å². The molecule has 0 atom stereocenters. The minimum Gasteiger partial charge on any atom is -0.354 e. The van der Waals surface area contributed by atoms with E-state index in [0.29, 0.717) is 6.42 Å². The molecule has 2 aromatic carbocycles. The summed E-state index contributed by atoms with van der Waals surface area (Å²) in [6, 6.07) is 10.4. The van der Waals surface area contributed by atoms with E-state index in [-0.39, 0.29) is 8.64 Å². The van der Waals surface area contributed by atoms with Gasteiger partial charge in [-0.15, -0.1) is 0 Å². The number of carbonyl (C=O) groups excluding carboxylic acids is 1. The van der Waals surface area contributed by atoms with Gasteiger partial charge in [-0.1, -0.05) is 18.2 Å². The van der Waals surface area contributed by atoms with Crippen LogP contribution in [0.25, 0.3) is 21.8 Å². The van der Waals surface area contributed by atoms with E-state index in [9.17, 15) is 4.79 Å². The number of ketones is 1. The number of carbonyl (C=O) groups is 1. The van der Waals surface area contributed by atoms with E-state index in [4.69, 9.17) is 0 Å². The lowest BCUT2D eigenvalue weighted by Crippen LogP contribution is -1.90. The molecule has 0 bridgehead atoms. The molecular weight excluding hydrogens is 222 g/mol. The van der Waals surface area contributed by atoms with Crippen molar-refractivity contribution >= 4 is 27.6 Å². The average Bonchev–Trinajstić information content (AvgIpc) is 2.91. The molecule has 1 heterocycles. The fourth-order valence-corrected chi connectivity index (χ4v) is 3.13. The Morgan fingerprint density at radius 2 is 2.06 bits per heavy atom. The van der Waals surface area contributed by atoms with Gasteiger partial charge in [-0.3, -0.25) is 4.79 Å². The van der Waals surface area contributed by atoms with Gasteiger partial charge in [0.2, 0.25) is 0 Å². The standard InChI is InChI=1S/C16H13NO.2H2/c1-9-3-2-4-12-15-11-6-8-14(18)10(11)5-7-13(15)17-16(9)12;;/h2-5,7,17H,6,8H2,1H3;2*1H. The molecule has 0 amide bonds. The predicted molar refractivity (Wildman–Crippen MR) is 77.4 cm³/mol.